The van der Waals surface area contributed by atoms with E-state index < -0.39 is 0 Å². The summed E-state index contributed by atoms with van der Waals surface area (Å²) in [6.45, 7) is 7.57. The van der Waals surface area contributed by atoms with E-state index in [9.17, 15) is 4.39 Å². The summed E-state index contributed by atoms with van der Waals surface area (Å²) in [4.78, 5) is 2.39. The Bertz CT molecular complexity index is 415. The summed E-state index contributed by atoms with van der Waals surface area (Å²) in [7, 11) is 0. The third-order valence-electron chi connectivity index (χ3n) is 3.93. The van der Waals surface area contributed by atoms with Gasteiger partial charge in [-0.05, 0) is 61.5 Å². The van der Waals surface area contributed by atoms with Gasteiger partial charge in [-0.1, -0.05) is 13.8 Å². The zero-order valence-electron chi connectivity index (χ0n) is 11.4. The number of nitrogen functional groups attached to an aromatic ring is 1. The number of halogens is 1. The van der Waals surface area contributed by atoms with Gasteiger partial charge in [0.25, 0.3) is 0 Å². The molecule has 0 unspecified atom stereocenters. The predicted molar refractivity (Wildman–Crippen MR) is 73.7 cm³/mol. The molecule has 2 rings (SSSR count). The van der Waals surface area contributed by atoms with Crippen LogP contribution in [0.1, 0.15) is 38.7 Å². The van der Waals surface area contributed by atoms with E-state index in [0.29, 0.717) is 11.1 Å². The molecule has 18 heavy (non-hydrogen) atoms. The van der Waals surface area contributed by atoms with Crippen LogP contribution in [-0.2, 0) is 6.54 Å². The van der Waals surface area contributed by atoms with Crippen molar-refractivity contribution in [2.24, 2.45) is 5.41 Å². The van der Waals surface area contributed by atoms with E-state index >= 15 is 0 Å². The van der Waals surface area contributed by atoms with Crippen molar-refractivity contribution in [1.29, 1.82) is 0 Å². The summed E-state index contributed by atoms with van der Waals surface area (Å²) in [6.07, 6.45) is 3.67. The maximum Gasteiger partial charge on any atom is 0.123 e. The standard InChI is InChI=1S/C15H23FN2/c1-15(2)6-3-8-18(9-7-15)11-12-10-13(16)4-5-14(12)17/h4-5,10H,3,6-9,11,17H2,1-2H3. The lowest BCUT2D eigenvalue weighted by Crippen LogP contribution is -2.25. The Morgan fingerprint density at radius 1 is 1.28 bits per heavy atom. The molecule has 1 saturated heterocycles. The van der Waals surface area contributed by atoms with Gasteiger partial charge in [0.15, 0.2) is 0 Å². The molecule has 0 atom stereocenters. The summed E-state index contributed by atoms with van der Waals surface area (Å²) < 4.78 is 13.2. The maximum absolute atomic E-state index is 13.2. The topological polar surface area (TPSA) is 29.3 Å². The molecule has 1 fully saturated rings. The van der Waals surface area contributed by atoms with Crippen LogP contribution in [0.2, 0.25) is 0 Å². The first-order valence-corrected chi connectivity index (χ1v) is 6.73. The molecule has 0 aromatic heterocycles. The molecule has 100 valence electrons. The van der Waals surface area contributed by atoms with Crippen molar-refractivity contribution < 1.29 is 4.39 Å². The summed E-state index contributed by atoms with van der Waals surface area (Å²) >= 11 is 0. The summed E-state index contributed by atoms with van der Waals surface area (Å²) in [5.74, 6) is -0.200. The minimum absolute atomic E-state index is 0.200. The molecule has 0 amide bonds. The number of benzene rings is 1. The van der Waals surface area contributed by atoms with Crippen LogP contribution in [0.4, 0.5) is 10.1 Å². The van der Waals surface area contributed by atoms with E-state index in [1.165, 1.54) is 25.3 Å². The monoisotopic (exact) mass is 250 g/mol. The van der Waals surface area contributed by atoms with Crippen molar-refractivity contribution in [3.8, 4) is 0 Å². The molecule has 1 aliphatic rings. The lowest BCUT2D eigenvalue weighted by Gasteiger charge is -2.23. The molecule has 1 aliphatic heterocycles. The average Bonchev–Trinajstić information content (AvgIpc) is 2.46. The van der Waals surface area contributed by atoms with Crippen molar-refractivity contribution in [1.82, 2.24) is 4.90 Å². The molecule has 0 saturated carbocycles. The Hall–Kier alpha value is -1.09. The highest BCUT2D eigenvalue weighted by atomic mass is 19.1. The van der Waals surface area contributed by atoms with Crippen LogP contribution in [-0.4, -0.2) is 18.0 Å². The van der Waals surface area contributed by atoms with Crippen LogP contribution in [0.25, 0.3) is 0 Å². The number of anilines is 1. The van der Waals surface area contributed by atoms with Crippen LogP contribution in [0.5, 0.6) is 0 Å². The minimum atomic E-state index is -0.200. The third-order valence-corrected chi connectivity index (χ3v) is 3.93. The average molecular weight is 250 g/mol. The van der Waals surface area contributed by atoms with Gasteiger partial charge in [-0.2, -0.15) is 0 Å². The van der Waals surface area contributed by atoms with E-state index in [-0.39, 0.29) is 5.82 Å². The van der Waals surface area contributed by atoms with E-state index in [1.807, 2.05) is 0 Å². The van der Waals surface area contributed by atoms with E-state index in [0.717, 1.165) is 25.2 Å². The zero-order valence-corrected chi connectivity index (χ0v) is 11.4. The highest BCUT2D eigenvalue weighted by Gasteiger charge is 2.23. The minimum Gasteiger partial charge on any atom is -0.398 e. The Morgan fingerprint density at radius 2 is 2.06 bits per heavy atom. The Morgan fingerprint density at radius 3 is 2.83 bits per heavy atom. The number of hydrogen-bond acceptors (Lipinski definition) is 2. The van der Waals surface area contributed by atoms with Gasteiger partial charge in [-0.25, -0.2) is 4.39 Å². The van der Waals surface area contributed by atoms with E-state index in [2.05, 4.69) is 18.7 Å². The molecule has 2 nitrogen and oxygen atoms in total. The summed E-state index contributed by atoms with van der Waals surface area (Å²) in [5, 5.41) is 0. The molecule has 2 N–H and O–H groups in total. The van der Waals surface area contributed by atoms with Gasteiger partial charge >= 0.3 is 0 Å². The SMILES string of the molecule is CC1(C)CCCN(Cc2cc(F)ccc2N)CC1. The molecular weight excluding hydrogens is 227 g/mol. The fourth-order valence-corrected chi connectivity index (χ4v) is 2.59. The van der Waals surface area contributed by atoms with Crippen molar-refractivity contribution >= 4 is 5.69 Å². The highest BCUT2D eigenvalue weighted by Crippen LogP contribution is 2.30. The Kier molecular flexibility index (Phi) is 3.91. The first kappa shape index (κ1) is 13.3. The van der Waals surface area contributed by atoms with E-state index in [1.54, 1.807) is 12.1 Å². The molecule has 0 bridgehead atoms. The largest absolute Gasteiger partial charge is 0.398 e. The number of rotatable bonds is 2. The lowest BCUT2D eigenvalue weighted by molar-refractivity contribution is 0.256. The molecule has 0 spiro atoms. The van der Waals surface area contributed by atoms with Crippen LogP contribution < -0.4 is 5.73 Å². The fraction of sp³-hybridized carbons (Fsp3) is 0.600. The van der Waals surface area contributed by atoms with Gasteiger partial charge in [0.1, 0.15) is 5.82 Å². The van der Waals surface area contributed by atoms with Crippen LogP contribution in [0.3, 0.4) is 0 Å². The van der Waals surface area contributed by atoms with Crippen molar-refractivity contribution in [3.05, 3.63) is 29.6 Å². The first-order chi connectivity index (χ1) is 8.46. The molecular formula is C15H23FN2. The number of hydrogen-bond donors (Lipinski definition) is 1. The Balaban J connectivity index is 2.03. The van der Waals surface area contributed by atoms with Gasteiger partial charge in [0.2, 0.25) is 0 Å². The van der Waals surface area contributed by atoms with Gasteiger partial charge in [0.05, 0.1) is 0 Å². The van der Waals surface area contributed by atoms with Gasteiger partial charge in [-0.3, -0.25) is 4.90 Å². The molecule has 3 heteroatoms. The lowest BCUT2D eigenvalue weighted by atomic mass is 9.85. The second-order valence-corrected chi connectivity index (χ2v) is 6.14. The maximum atomic E-state index is 13.2. The van der Waals surface area contributed by atoms with Gasteiger partial charge in [-0.15, -0.1) is 0 Å². The second kappa shape index (κ2) is 5.27. The molecule has 1 aromatic rings. The quantitative estimate of drug-likeness (QED) is 0.815. The van der Waals surface area contributed by atoms with Crippen molar-refractivity contribution in [2.45, 2.75) is 39.7 Å². The van der Waals surface area contributed by atoms with E-state index in [4.69, 9.17) is 5.73 Å². The number of nitrogens with zero attached hydrogens (tertiary/aromatic N) is 1. The van der Waals surface area contributed by atoms with Crippen LogP contribution in [0, 0.1) is 11.2 Å². The molecule has 0 aliphatic carbocycles. The van der Waals surface area contributed by atoms with Crippen LogP contribution in [0.15, 0.2) is 18.2 Å². The Labute approximate surface area is 109 Å². The number of nitrogens with two attached hydrogens (primary N) is 1. The predicted octanol–water partition coefficient (Wildman–Crippen LogP) is 3.42. The van der Waals surface area contributed by atoms with Gasteiger partial charge in [0, 0.05) is 12.2 Å². The van der Waals surface area contributed by atoms with Crippen molar-refractivity contribution in [2.75, 3.05) is 18.8 Å². The third kappa shape index (κ3) is 3.45. The fourth-order valence-electron chi connectivity index (χ4n) is 2.59. The van der Waals surface area contributed by atoms with Crippen LogP contribution >= 0.6 is 0 Å². The van der Waals surface area contributed by atoms with Gasteiger partial charge < -0.3 is 5.73 Å². The normalized spacial score (nSPS) is 20.6. The highest BCUT2D eigenvalue weighted by molar-refractivity contribution is 5.46. The second-order valence-electron chi connectivity index (χ2n) is 6.14. The molecule has 1 heterocycles. The van der Waals surface area contributed by atoms with Crippen molar-refractivity contribution in [3.63, 3.8) is 0 Å². The zero-order chi connectivity index (χ0) is 13.2. The summed E-state index contributed by atoms with van der Waals surface area (Å²) in [6, 6.07) is 4.64. The number of likely N-dealkylation sites (tertiary alicyclic amines) is 1. The first-order valence-electron chi connectivity index (χ1n) is 6.73. The molecule has 1 aromatic carbocycles. The molecule has 0 radical (unpaired) electrons. The summed E-state index contributed by atoms with van der Waals surface area (Å²) in [5.41, 5.74) is 7.94. The smallest absolute Gasteiger partial charge is 0.123 e.